The van der Waals surface area contributed by atoms with E-state index in [0.29, 0.717) is 11.3 Å². The molecule has 3 heterocycles. The number of nitrogens with zero attached hydrogens (tertiary/aromatic N) is 4. The summed E-state index contributed by atoms with van der Waals surface area (Å²) in [7, 11) is 0. The number of alkyl halides is 3. The van der Waals surface area contributed by atoms with Crippen LogP contribution in [-0.2, 0) is 6.18 Å². The van der Waals surface area contributed by atoms with Crippen LogP contribution in [-0.4, -0.2) is 19.7 Å². The second kappa shape index (κ2) is 5.19. The van der Waals surface area contributed by atoms with E-state index in [9.17, 15) is 13.2 Å². The van der Waals surface area contributed by atoms with Crippen molar-refractivity contribution >= 4 is 11.1 Å². The molecule has 0 bridgehead atoms. The molecule has 120 valence electrons. The summed E-state index contributed by atoms with van der Waals surface area (Å²) in [4.78, 5) is 8.24. The van der Waals surface area contributed by atoms with Crippen molar-refractivity contribution in [2.24, 2.45) is 0 Å². The van der Waals surface area contributed by atoms with Crippen LogP contribution in [0.4, 0.5) is 13.2 Å². The van der Waals surface area contributed by atoms with Gasteiger partial charge in [-0.1, -0.05) is 0 Å². The maximum absolute atomic E-state index is 12.8. The highest BCUT2D eigenvalue weighted by atomic mass is 19.4. The van der Waals surface area contributed by atoms with Crippen molar-refractivity contribution in [1.82, 2.24) is 19.7 Å². The largest absolute Gasteiger partial charge is 0.436 e. The Morgan fingerprint density at radius 2 is 1.96 bits per heavy atom. The molecule has 24 heavy (non-hydrogen) atoms. The average Bonchev–Trinajstić information content (AvgIpc) is 3.22. The Kier molecular flexibility index (Phi) is 3.12. The Morgan fingerprint density at radius 3 is 2.71 bits per heavy atom. The van der Waals surface area contributed by atoms with Gasteiger partial charge in [-0.05, 0) is 30.3 Å². The fourth-order valence-corrected chi connectivity index (χ4v) is 2.38. The molecule has 0 aliphatic rings. The van der Waals surface area contributed by atoms with Gasteiger partial charge >= 0.3 is 6.18 Å². The topological polar surface area (TPSA) is 56.7 Å². The van der Waals surface area contributed by atoms with Gasteiger partial charge in [0.05, 0.1) is 23.0 Å². The summed E-state index contributed by atoms with van der Waals surface area (Å²) in [5.41, 5.74) is 0.852. The van der Waals surface area contributed by atoms with E-state index >= 15 is 0 Å². The van der Waals surface area contributed by atoms with E-state index in [2.05, 4.69) is 15.1 Å². The summed E-state index contributed by atoms with van der Waals surface area (Å²) in [6, 6.07) is 6.63. The first-order valence-corrected chi connectivity index (χ1v) is 6.94. The van der Waals surface area contributed by atoms with Crippen molar-refractivity contribution in [2.45, 2.75) is 6.18 Å². The predicted molar refractivity (Wildman–Crippen MR) is 79.4 cm³/mol. The molecular formula is C16H9F3N4O. The van der Waals surface area contributed by atoms with E-state index in [-0.39, 0.29) is 17.0 Å². The highest BCUT2D eigenvalue weighted by molar-refractivity contribution is 5.78. The summed E-state index contributed by atoms with van der Waals surface area (Å²) in [6.07, 6.45) is 2.05. The molecule has 0 spiro atoms. The minimum absolute atomic E-state index is 0.142. The zero-order chi connectivity index (χ0) is 16.7. The van der Waals surface area contributed by atoms with Gasteiger partial charge in [-0.2, -0.15) is 18.3 Å². The smallest absolute Gasteiger partial charge is 0.416 e. The molecule has 1 aromatic carbocycles. The highest BCUT2D eigenvalue weighted by Crippen LogP contribution is 2.33. The molecule has 3 aromatic heterocycles. The third-order valence-electron chi connectivity index (χ3n) is 3.50. The predicted octanol–water partition coefficient (Wildman–Crippen LogP) is 4.09. The van der Waals surface area contributed by atoms with Crippen LogP contribution in [0.2, 0.25) is 0 Å². The molecule has 0 unspecified atom stereocenters. The van der Waals surface area contributed by atoms with Gasteiger partial charge < -0.3 is 4.42 Å². The summed E-state index contributed by atoms with van der Waals surface area (Å²) in [6.45, 7) is 0. The standard InChI is InChI=1S/C16H9F3N4O/c17-16(18,19)10-2-3-14-12(8-10)22-15(24-14)11-4-6-20-9-13(11)23-7-1-5-21-23/h1-9H. The molecule has 0 aliphatic carbocycles. The fourth-order valence-electron chi connectivity index (χ4n) is 2.38. The molecule has 4 aromatic rings. The molecule has 5 nitrogen and oxygen atoms in total. The Morgan fingerprint density at radius 1 is 1.08 bits per heavy atom. The van der Waals surface area contributed by atoms with Crippen molar-refractivity contribution in [3.63, 3.8) is 0 Å². The van der Waals surface area contributed by atoms with Gasteiger partial charge in [-0.3, -0.25) is 4.98 Å². The van der Waals surface area contributed by atoms with E-state index in [1.807, 2.05) is 0 Å². The van der Waals surface area contributed by atoms with Gasteiger partial charge in [0.15, 0.2) is 5.58 Å². The van der Waals surface area contributed by atoms with Gasteiger partial charge in [0.2, 0.25) is 5.89 Å². The lowest BCUT2D eigenvalue weighted by molar-refractivity contribution is -0.137. The molecule has 0 saturated heterocycles. The summed E-state index contributed by atoms with van der Waals surface area (Å²) in [5, 5.41) is 4.13. The zero-order valence-corrected chi connectivity index (χ0v) is 12.0. The normalized spacial score (nSPS) is 12.0. The van der Waals surface area contributed by atoms with Crippen LogP contribution in [0.3, 0.4) is 0 Å². The van der Waals surface area contributed by atoms with Crippen LogP contribution in [0.1, 0.15) is 5.56 Å². The Balaban J connectivity index is 1.86. The summed E-state index contributed by atoms with van der Waals surface area (Å²) < 4.78 is 45.6. The lowest BCUT2D eigenvalue weighted by atomic mass is 10.2. The summed E-state index contributed by atoms with van der Waals surface area (Å²) in [5.74, 6) is 0.206. The number of fused-ring (bicyclic) bond motifs is 1. The lowest BCUT2D eigenvalue weighted by Crippen LogP contribution is -2.03. The van der Waals surface area contributed by atoms with Crippen LogP contribution < -0.4 is 0 Å². The Labute approximate surface area is 133 Å². The van der Waals surface area contributed by atoms with Gasteiger partial charge in [0.1, 0.15) is 5.52 Å². The zero-order valence-electron chi connectivity index (χ0n) is 12.0. The van der Waals surface area contributed by atoms with Crippen LogP contribution in [0, 0.1) is 0 Å². The number of oxazole rings is 1. The molecule has 0 atom stereocenters. The molecule has 0 radical (unpaired) electrons. The van der Waals surface area contributed by atoms with Crippen molar-refractivity contribution in [2.75, 3.05) is 0 Å². The number of hydrogen-bond acceptors (Lipinski definition) is 4. The van der Waals surface area contributed by atoms with Crippen molar-refractivity contribution in [1.29, 1.82) is 0 Å². The van der Waals surface area contributed by atoms with E-state index in [1.165, 1.54) is 6.07 Å². The van der Waals surface area contributed by atoms with Gasteiger partial charge in [0, 0.05) is 18.6 Å². The fraction of sp³-hybridized carbons (Fsp3) is 0.0625. The number of benzene rings is 1. The van der Waals surface area contributed by atoms with E-state index in [4.69, 9.17) is 4.42 Å². The van der Waals surface area contributed by atoms with E-state index in [1.54, 1.807) is 41.6 Å². The van der Waals surface area contributed by atoms with Crippen LogP contribution in [0.25, 0.3) is 28.2 Å². The molecule has 0 aliphatic heterocycles. The second-order valence-electron chi connectivity index (χ2n) is 5.04. The highest BCUT2D eigenvalue weighted by Gasteiger charge is 2.31. The summed E-state index contributed by atoms with van der Waals surface area (Å²) >= 11 is 0. The van der Waals surface area contributed by atoms with Gasteiger partial charge in [-0.25, -0.2) is 9.67 Å². The molecule has 0 saturated carbocycles. The minimum atomic E-state index is -4.43. The van der Waals surface area contributed by atoms with Crippen LogP contribution >= 0.6 is 0 Å². The lowest BCUT2D eigenvalue weighted by Gasteiger charge is -2.05. The van der Waals surface area contributed by atoms with Gasteiger partial charge in [-0.15, -0.1) is 0 Å². The van der Waals surface area contributed by atoms with Crippen molar-refractivity contribution in [3.05, 3.63) is 60.7 Å². The molecule has 0 fully saturated rings. The first-order valence-electron chi connectivity index (χ1n) is 6.94. The molecular weight excluding hydrogens is 321 g/mol. The number of pyridine rings is 1. The Bertz CT molecular complexity index is 1010. The van der Waals surface area contributed by atoms with E-state index < -0.39 is 11.7 Å². The monoisotopic (exact) mass is 330 g/mol. The van der Waals surface area contributed by atoms with Gasteiger partial charge in [0.25, 0.3) is 0 Å². The Hall–Kier alpha value is -3.16. The molecule has 0 N–H and O–H groups in total. The van der Waals surface area contributed by atoms with Crippen molar-refractivity contribution < 1.29 is 17.6 Å². The van der Waals surface area contributed by atoms with Crippen LogP contribution in [0.5, 0.6) is 0 Å². The quantitative estimate of drug-likeness (QED) is 0.555. The minimum Gasteiger partial charge on any atom is -0.436 e. The molecule has 8 heteroatoms. The third kappa shape index (κ3) is 2.41. The number of aromatic nitrogens is 4. The first-order chi connectivity index (χ1) is 11.5. The third-order valence-corrected chi connectivity index (χ3v) is 3.50. The van der Waals surface area contributed by atoms with Crippen LogP contribution in [0.15, 0.2) is 59.5 Å². The molecule has 4 rings (SSSR count). The SMILES string of the molecule is FC(F)(F)c1ccc2oc(-c3ccncc3-n3cccn3)nc2c1. The van der Waals surface area contributed by atoms with E-state index in [0.717, 1.165) is 12.1 Å². The maximum Gasteiger partial charge on any atom is 0.416 e. The second-order valence-corrected chi connectivity index (χ2v) is 5.04. The molecule has 0 amide bonds. The average molecular weight is 330 g/mol. The number of hydrogen-bond donors (Lipinski definition) is 0. The number of halogens is 3. The van der Waals surface area contributed by atoms with Crippen molar-refractivity contribution in [3.8, 4) is 17.1 Å². The first kappa shape index (κ1) is 14.4. The number of rotatable bonds is 2. The maximum atomic E-state index is 12.8.